The molecular formula is C14H23N3O. The summed E-state index contributed by atoms with van der Waals surface area (Å²) in [6.07, 6.45) is 4.31. The second-order valence-corrected chi connectivity index (χ2v) is 5.15. The summed E-state index contributed by atoms with van der Waals surface area (Å²) in [7, 11) is 1.77. The lowest BCUT2D eigenvalue weighted by molar-refractivity contribution is 0.143. The molecular weight excluding hydrogens is 226 g/mol. The maximum atomic E-state index is 5.92. The summed E-state index contributed by atoms with van der Waals surface area (Å²) >= 11 is 0. The van der Waals surface area contributed by atoms with E-state index < -0.39 is 0 Å². The first-order chi connectivity index (χ1) is 8.70. The van der Waals surface area contributed by atoms with E-state index in [0.29, 0.717) is 5.92 Å². The van der Waals surface area contributed by atoms with Crippen molar-refractivity contribution in [3.8, 4) is 0 Å². The zero-order valence-electron chi connectivity index (χ0n) is 11.3. The Morgan fingerprint density at radius 1 is 1.61 bits per heavy atom. The molecule has 1 fully saturated rings. The van der Waals surface area contributed by atoms with Crippen molar-refractivity contribution < 1.29 is 4.74 Å². The van der Waals surface area contributed by atoms with Gasteiger partial charge in [-0.1, -0.05) is 0 Å². The van der Waals surface area contributed by atoms with Gasteiger partial charge in [0.1, 0.15) is 5.82 Å². The second-order valence-electron chi connectivity index (χ2n) is 5.15. The van der Waals surface area contributed by atoms with Crippen LogP contribution in [0.25, 0.3) is 0 Å². The van der Waals surface area contributed by atoms with Crippen LogP contribution in [0.2, 0.25) is 0 Å². The van der Waals surface area contributed by atoms with Crippen LogP contribution in [0.4, 0.5) is 5.82 Å². The molecule has 1 aromatic rings. The van der Waals surface area contributed by atoms with E-state index in [9.17, 15) is 0 Å². The quantitative estimate of drug-likeness (QED) is 0.886. The molecule has 0 bridgehead atoms. The van der Waals surface area contributed by atoms with Crippen molar-refractivity contribution >= 4 is 5.82 Å². The summed E-state index contributed by atoms with van der Waals surface area (Å²) in [6.45, 7) is 4.95. The van der Waals surface area contributed by atoms with E-state index in [-0.39, 0.29) is 6.04 Å². The molecule has 0 spiro atoms. The minimum atomic E-state index is 0.0614. The Bertz CT molecular complexity index is 379. The van der Waals surface area contributed by atoms with Crippen molar-refractivity contribution in [2.75, 3.05) is 31.7 Å². The van der Waals surface area contributed by atoms with Crippen molar-refractivity contribution in [1.82, 2.24) is 4.98 Å². The normalized spacial score (nSPS) is 21.9. The van der Waals surface area contributed by atoms with Crippen molar-refractivity contribution in [1.29, 1.82) is 0 Å². The van der Waals surface area contributed by atoms with Crippen LogP contribution in [0.15, 0.2) is 18.3 Å². The molecule has 4 heteroatoms. The molecule has 2 heterocycles. The van der Waals surface area contributed by atoms with Crippen LogP contribution in [-0.2, 0) is 4.74 Å². The Kier molecular flexibility index (Phi) is 4.55. The largest absolute Gasteiger partial charge is 0.384 e. The first kappa shape index (κ1) is 13.3. The molecule has 0 aliphatic carbocycles. The SMILES string of the molecule is COCC1CCCN(c2cc(C(C)N)ccn2)C1. The first-order valence-electron chi connectivity index (χ1n) is 6.66. The van der Waals surface area contributed by atoms with E-state index in [1.807, 2.05) is 19.2 Å². The van der Waals surface area contributed by atoms with Crippen molar-refractivity contribution in [2.24, 2.45) is 11.7 Å². The molecule has 1 aromatic heterocycles. The number of nitrogens with two attached hydrogens (primary N) is 1. The molecule has 0 amide bonds. The topological polar surface area (TPSA) is 51.4 Å². The van der Waals surface area contributed by atoms with Crippen LogP contribution in [-0.4, -0.2) is 31.8 Å². The van der Waals surface area contributed by atoms with E-state index in [0.717, 1.165) is 31.1 Å². The van der Waals surface area contributed by atoms with Crippen LogP contribution >= 0.6 is 0 Å². The number of pyridine rings is 1. The third kappa shape index (κ3) is 3.21. The maximum Gasteiger partial charge on any atom is 0.128 e. The standard InChI is InChI=1S/C14H23N3O/c1-11(15)13-5-6-16-14(8-13)17-7-3-4-12(9-17)10-18-2/h5-6,8,11-12H,3-4,7,9-10,15H2,1-2H3. The zero-order valence-corrected chi connectivity index (χ0v) is 11.3. The molecule has 2 unspecified atom stereocenters. The lowest BCUT2D eigenvalue weighted by atomic mass is 9.99. The molecule has 1 saturated heterocycles. The van der Waals surface area contributed by atoms with Crippen LogP contribution < -0.4 is 10.6 Å². The molecule has 100 valence electrons. The van der Waals surface area contributed by atoms with Crippen molar-refractivity contribution in [3.05, 3.63) is 23.9 Å². The predicted molar refractivity (Wildman–Crippen MR) is 73.7 cm³/mol. The number of rotatable bonds is 4. The zero-order chi connectivity index (χ0) is 13.0. The Morgan fingerprint density at radius 3 is 3.17 bits per heavy atom. The van der Waals surface area contributed by atoms with Crippen molar-refractivity contribution in [2.45, 2.75) is 25.8 Å². The summed E-state index contributed by atoms with van der Waals surface area (Å²) in [5.74, 6) is 1.66. The van der Waals surface area contributed by atoms with Gasteiger partial charge in [0.25, 0.3) is 0 Å². The van der Waals surface area contributed by atoms with Gasteiger partial charge in [-0.15, -0.1) is 0 Å². The number of anilines is 1. The van der Waals surface area contributed by atoms with Gasteiger partial charge >= 0.3 is 0 Å². The molecule has 2 atom stereocenters. The van der Waals surface area contributed by atoms with Gasteiger partial charge in [0.2, 0.25) is 0 Å². The molecule has 2 rings (SSSR count). The highest BCUT2D eigenvalue weighted by Crippen LogP contribution is 2.23. The third-order valence-corrected chi connectivity index (χ3v) is 3.54. The Labute approximate surface area is 109 Å². The van der Waals surface area contributed by atoms with E-state index in [1.165, 1.54) is 12.8 Å². The Morgan fingerprint density at radius 2 is 2.44 bits per heavy atom. The molecule has 0 radical (unpaired) electrons. The van der Waals surface area contributed by atoms with Gasteiger partial charge in [0, 0.05) is 32.4 Å². The first-order valence-corrected chi connectivity index (χ1v) is 6.66. The highest BCUT2D eigenvalue weighted by Gasteiger charge is 2.21. The molecule has 1 aliphatic rings. The summed E-state index contributed by atoms with van der Waals surface area (Å²) < 4.78 is 5.26. The number of nitrogens with zero attached hydrogens (tertiary/aromatic N) is 2. The molecule has 18 heavy (non-hydrogen) atoms. The van der Waals surface area contributed by atoms with Gasteiger partial charge in [-0.05, 0) is 43.4 Å². The minimum absolute atomic E-state index is 0.0614. The van der Waals surface area contributed by atoms with Gasteiger partial charge in [-0.2, -0.15) is 0 Å². The number of piperidine rings is 1. The number of aromatic nitrogens is 1. The summed E-state index contributed by atoms with van der Waals surface area (Å²) in [4.78, 5) is 6.82. The van der Waals surface area contributed by atoms with Gasteiger partial charge < -0.3 is 15.4 Å². The number of hydrogen-bond donors (Lipinski definition) is 1. The van der Waals surface area contributed by atoms with Crippen LogP contribution in [0.3, 0.4) is 0 Å². The maximum absolute atomic E-state index is 5.92. The molecule has 0 aromatic carbocycles. The summed E-state index contributed by atoms with van der Waals surface area (Å²) in [5, 5.41) is 0. The molecule has 0 saturated carbocycles. The molecule has 2 N–H and O–H groups in total. The fourth-order valence-electron chi connectivity index (χ4n) is 2.54. The highest BCUT2D eigenvalue weighted by atomic mass is 16.5. The average molecular weight is 249 g/mol. The van der Waals surface area contributed by atoms with E-state index >= 15 is 0 Å². The number of hydrogen-bond acceptors (Lipinski definition) is 4. The van der Waals surface area contributed by atoms with E-state index in [4.69, 9.17) is 10.5 Å². The van der Waals surface area contributed by atoms with Gasteiger partial charge in [0.05, 0.1) is 6.61 Å². The van der Waals surface area contributed by atoms with Gasteiger partial charge in [-0.3, -0.25) is 0 Å². The smallest absolute Gasteiger partial charge is 0.128 e. The number of ether oxygens (including phenoxy) is 1. The second kappa shape index (κ2) is 6.16. The van der Waals surface area contributed by atoms with E-state index in [2.05, 4.69) is 16.0 Å². The highest BCUT2D eigenvalue weighted by molar-refractivity contribution is 5.42. The third-order valence-electron chi connectivity index (χ3n) is 3.54. The van der Waals surface area contributed by atoms with Crippen LogP contribution in [0.5, 0.6) is 0 Å². The van der Waals surface area contributed by atoms with Crippen molar-refractivity contribution in [3.63, 3.8) is 0 Å². The van der Waals surface area contributed by atoms with Gasteiger partial charge in [-0.25, -0.2) is 4.98 Å². The fourth-order valence-corrected chi connectivity index (χ4v) is 2.54. The lowest BCUT2D eigenvalue weighted by Crippen LogP contribution is -2.37. The lowest BCUT2D eigenvalue weighted by Gasteiger charge is -2.33. The fraction of sp³-hybridized carbons (Fsp3) is 0.643. The van der Waals surface area contributed by atoms with E-state index in [1.54, 1.807) is 7.11 Å². The minimum Gasteiger partial charge on any atom is -0.384 e. The Balaban J connectivity index is 2.08. The molecule has 4 nitrogen and oxygen atoms in total. The average Bonchev–Trinajstić information content (AvgIpc) is 2.39. The molecule has 1 aliphatic heterocycles. The summed E-state index contributed by atoms with van der Waals surface area (Å²) in [5.41, 5.74) is 7.07. The summed E-state index contributed by atoms with van der Waals surface area (Å²) in [6, 6.07) is 4.16. The van der Waals surface area contributed by atoms with Crippen LogP contribution in [0.1, 0.15) is 31.4 Å². The van der Waals surface area contributed by atoms with Crippen LogP contribution in [0, 0.1) is 5.92 Å². The monoisotopic (exact) mass is 249 g/mol. The number of methoxy groups -OCH3 is 1. The predicted octanol–water partition coefficient (Wildman–Crippen LogP) is 1.96. The Hall–Kier alpha value is -1.13. The van der Waals surface area contributed by atoms with Gasteiger partial charge in [0.15, 0.2) is 0 Å².